The van der Waals surface area contributed by atoms with Crippen molar-refractivity contribution in [2.24, 2.45) is 0 Å². The smallest absolute Gasteiger partial charge is 0.338 e. The van der Waals surface area contributed by atoms with Gasteiger partial charge in [-0.2, -0.15) is 0 Å². The zero-order chi connectivity index (χ0) is 12.3. The molecule has 4 nitrogen and oxygen atoms in total. The average Bonchev–Trinajstić information content (AvgIpc) is 2.37. The monoisotopic (exact) mass is 227 g/mol. The SMILES string of the molecule is COC(=O)c1cc(OC#N)cc2ccccc12. The van der Waals surface area contributed by atoms with Crippen molar-refractivity contribution < 1.29 is 14.3 Å². The fourth-order valence-corrected chi connectivity index (χ4v) is 1.67. The van der Waals surface area contributed by atoms with E-state index in [1.807, 2.05) is 24.3 Å². The first kappa shape index (κ1) is 11.0. The molecule has 0 spiro atoms. The van der Waals surface area contributed by atoms with E-state index >= 15 is 0 Å². The van der Waals surface area contributed by atoms with Crippen molar-refractivity contribution in [3.63, 3.8) is 0 Å². The highest BCUT2D eigenvalue weighted by atomic mass is 16.5. The number of hydrogen-bond acceptors (Lipinski definition) is 4. The molecule has 0 unspecified atom stereocenters. The van der Waals surface area contributed by atoms with Gasteiger partial charge in [-0.3, -0.25) is 0 Å². The Morgan fingerprint density at radius 2 is 2.06 bits per heavy atom. The van der Waals surface area contributed by atoms with Crippen LogP contribution >= 0.6 is 0 Å². The van der Waals surface area contributed by atoms with Gasteiger partial charge in [-0.15, -0.1) is 5.26 Å². The summed E-state index contributed by atoms with van der Waals surface area (Å²) < 4.78 is 9.45. The van der Waals surface area contributed by atoms with E-state index in [0.29, 0.717) is 11.3 Å². The molecule has 0 heterocycles. The Bertz CT molecular complexity index is 614. The van der Waals surface area contributed by atoms with E-state index < -0.39 is 5.97 Å². The first-order valence-electron chi connectivity index (χ1n) is 4.93. The minimum atomic E-state index is -0.454. The maximum absolute atomic E-state index is 11.6. The van der Waals surface area contributed by atoms with Crippen LogP contribution in [0.2, 0.25) is 0 Å². The average molecular weight is 227 g/mol. The third-order valence-electron chi connectivity index (χ3n) is 2.40. The van der Waals surface area contributed by atoms with Gasteiger partial charge in [0.05, 0.1) is 12.7 Å². The highest BCUT2D eigenvalue weighted by Crippen LogP contribution is 2.25. The van der Waals surface area contributed by atoms with E-state index in [1.165, 1.54) is 13.2 Å². The Morgan fingerprint density at radius 3 is 2.76 bits per heavy atom. The van der Waals surface area contributed by atoms with Crippen LogP contribution in [0.5, 0.6) is 5.75 Å². The van der Waals surface area contributed by atoms with E-state index in [9.17, 15) is 4.79 Å². The van der Waals surface area contributed by atoms with Crippen molar-refractivity contribution in [3.8, 4) is 12.0 Å². The van der Waals surface area contributed by atoms with Gasteiger partial charge >= 0.3 is 5.97 Å². The lowest BCUT2D eigenvalue weighted by Crippen LogP contribution is -2.02. The van der Waals surface area contributed by atoms with Crippen LogP contribution in [0.15, 0.2) is 36.4 Å². The van der Waals surface area contributed by atoms with Crippen molar-refractivity contribution in [1.82, 2.24) is 0 Å². The van der Waals surface area contributed by atoms with Crippen LogP contribution in [-0.4, -0.2) is 13.1 Å². The van der Waals surface area contributed by atoms with E-state index in [0.717, 1.165) is 10.8 Å². The largest absolute Gasteiger partial charge is 0.465 e. The van der Waals surface area contributed by atoms with E-state index in [4.69, 9.17) is 14.7 Å². The molecule has 0 aromatic heterocycles. The number of nitriles is 1. The quantitative estimate of drug-likeness (QED) is 0.584. The normalized spacial score (nSPS) is 9.65. The second-order valence-electron chi connectivity index (χ2n) is 3.38. The molecule has 0 amide bonds. The van der Waals surface area contributed by atoms with Gasteiger partial charge in [0.2, 0.25) is 0 Å². The molecule has 0 aliphatic rings. The number of hydrogen-bond donors (Lipinski definition) is 0. The molecule has 0 fully saturated rings. The number of carbonyl (C=O) groups is 1. The van der Waals surface area contributed by atoms with Crippen molar-refractivity contribution in [3.05, 3.63) is 42.0 Å². The lowest BCUT2D eigenvalue weighted by atomic mass is 10.0. The minimum Gasteiger partial charge on any atom is -0.465 e. The summed E-state index contributed by atoms with van der Waals surface area (Å²) in [7, 11) is 1.31. The first-order chi connectivity index (χ1) is 8.26. The van der Waals surface area contributed by atoms with Crippen LogP contribution in [0, 0.1) is 11.5 Å². The summed E-state index contributed by atoms with van der Waals surface area (Å²) in [6.07, 6.45) is 1.58. The molecular weight excluding hydrogens is 218 g/mol. The molecule has 0 N–H and O–H groups in total. The highest BCUT2D eigenvalue weighted by molar-refractivity contribution is 6.05. The van der Waals surface area contributed by atoms with E-state index in [2.05, 4.69) is 0 Å². The minimum absolute atomic E-state index is 0.326. The molecule has 4 heteroatoms. The van der Waals surface area contributed by atoms with Crippen LogP contribution in [0.1, 0.15) is 10.4 Å². The number of ether oxygens (including phenoxy) is 2. The molecule has 2 aromatic carbocycles. The number of rotatable bonds is 2. The Kier molecular flexibility index (Phi) is 2.93. The summed E-state index contributed by atoms with van der Waals surface area (Å²) in [5.74, 6) is -0.129. The van der Waals surface area contributed by atoms with Crippen LogP contribution < -0.4 is 4.74 Å². The molecule has 2 aromatic rings. The Balaban J connectivity index is 2.70. The molecule has 0 atom stereocenters. The Morgan fingerprint density at radius 1 is 1.29 bits per heavy atom. The number of carbonyl (C=O) groups excluding carboxylic acids is 1. The molecule has 0 aliphatic heterocycles. The summed E-state index contributed by atoms with van der Waals surface area (Å²) in [5, 5.41) is 10.1. The summed E-state index contributed by atoms with van der Waals surface area (Å²) in [5.41, 5.74) is 0.385. The Hall–Kier alpha value is -2.54. The predicted octanol–water partition coefficient (Wildman–Crippen LogP) is 2.49. The van der Waals surface area contributed by atoms with Crippen LogP contribution in [0.25, 0.3) is 10.8 Å². The van der Waals surface area contributed by atoms with Crippen LogP contribution in [0.4, 0.5) is 0 Å². The second kappa shape index (κ2) is 4.54. The summed E-state index contributed by atoms with van der Waals surface area (Å²) in [4.78, 5) is 11.6. The van der Waals surface area contributed by atoms with E-state index in [-0.39, 0.29) is 0 Å². The number of methoxy groups -OCH3 is 1. The fraction of sp³-hybridized carbons (Fsp3) is 0.0769. The zero-order valence-electron chi connectivity index (χ0n) is 9.14. The Labute approximate surface area is 98.0 Å². The fourth-order valence-electron chi connectivity index (χ4n) is 1.67. The van der Waals surface area contributed by atoms with Gasteiger partial charge in [-0.1, -0.05) is 24.3 Å². The number of fused-ring (bicyclic) bond motifs is 1. The predicted molar refractivity (Wildman–Crippen MR) is 61.5 cm³/mol. The third-order valence-corrected chi connectivity index (χ3v) is 2.40. The van der Waals surface area contributed by atoms with Crippen molar-refractivity contribution >= 4 is 16.7 Å². The molecule has 0 radical (unpaired) electrons. The molecule has 2 rings (SSSR count). The van der Waals surface area contributed by atoms with Gasteiger partial charge in [-0.05, 0) is 22.9 Å². The summed E-state index contributed by atoms with van der Waals surface area (Å²) in [6.45, 7) is 0. The van der Waals surface area contributed by atoms with Gasteiger partial charge in [-0.25, -0.2) is 4.79 Å². The third kappa shape index (κ3) is 2.04. The van der Waals surface area contributed by atoms with E-state index in [1.54, 1.807) is 12.3 Å². The van der Waals surface area contributed by atoms with Gasteiger partial charge in [0, 0.05) is 0 Å². The first-order valence-corrected chi connectivity index (χ1v) is 4.93. The van der Waals surface area contributed by atoms with Gasteiger partial charge in [0.1, 0.15) is 5.75 Å². The summed E-state index contributed by atoms with van der Waals surface area (Å²) >= 11 is 0. The topological polar surface area (TPSA) is 59.3 Å². The van der Waals surface area contributed by atoms with Crippen molar-refractivity contribution in [1.29, 1.82) is 5.26 Å². The standard InChI is InChI=1S/C13H9NO3/c1-16-13(15)12-7-10(17-8-14)6-9-4-2-3-5-11(9)12/h2-7H,1H3. The van der Waals surface area contributed by atoms with Gasteiger partial charge in [0.25, 0.3) is 6.26 Å². The molecular formula is C13H9NO3. The molecule has 0 saturated heterocycles. The van der Waals surface area contributed by atoms with Crippen molar-refractivity contribution in [2.75, 3.05) is 7.11 Å². The molecule has 0 saturated carbocycles. The highest BCUT2D eigenvalue weighted by Gasteiger charge is 2.12. The van der Waals surface area contributed by atoms with Crippen molar-refractivity contribution in [2.45, 2.75) is 0 Å². The summed E-state index contributed by atoms with van der Waals surface area (Å²) in [6, 6.07) is 10.5. The number of nitrogens with zero attached hydrogens (tertiary/aromatic N) is 1. The molecule has 0 aliphatic carbocycles. The number of esters is 1. The lowest BCUT2D eigenvalue weighted by molar-refractivity contribution is 0.0602. The van der Waals surface area contributed by atoms with Gasteiger partial charge in [0.15, 0.2) is 0 Å². The maximum atomic E-state index is 11.6. The molecule has 17 heavy (non-hydrogen) atoms. The molecule has 0 bridgehead atoms. The molecule has 84 valence electrons. The van der Waals surface area contributed by atoms with Gasteiger partial charge < -0.3 is 9.47 Å². The zero-order valence-corrected chi connectivity index (χ0v) is 9.14. The lowest BCUT2D eigenvalue weighted by Gasteiger charge is -2.06. The number of benzene rings is 2. The van der Waals surface area contributed by atoms with Crippen LogP contribution in [-0.2, 0) is 4.74 Å². The second-order valence-corrected chi connectivity index (χ2v) is 3.38. The maximum Gasteiger partial charge on any atom is 0.338 e. The van der Waals surface area contributed by atoms with Crippen LogP contribution in [0.3, 0.4) is 0 Å².